The van der Waals surface area contributed by atoms with Gasteiger partial charge in [0.2, 0.25) is 0 Å². The molecule has 1 aliphatic carbocycles. The van der Waals surface area contributed by atoms with Gasteiger partial charge in [-0.3, -0.25) is 0 Å². The molecular formula is C11H21NO2. The lowest BCUT2D eigenvalue weighted by atomic mass is 9.66. The molecule has 0 amide bonds. The molecule has 0 spiro atoms. The first-order valence-electron chi connectivity index (χ1n) is 5.76. The summed E-state index contributed by atoms with van der Waals surface area (Å²) in [5, 5.41) is 23.4. The number of nitrogens with one attached hydrogen (secondary N) is 1. The lowest BCUT2D eigenvalue weighted by Gasteiger charge is -2.46. The van der Waals surface area contributed by atoms with Crippen LogP contribution in [-0.4, -0.2) is 35.5 Å². The fourth-order valence-corrected chi connectivity index (χ4v) is 3.19. The van der Waals surface area contributed by atoms with Gasteiger partial charge in [-0.1, -0.05) is 12.8 Å². The van der Waals surface area contributed by atoms with Crippen LogP contribution in [0.25, 0.3) is 0 Å². The minimum atomic E-state index is -0.608. The van der Waals surface area contributed by atoms with E-state index in [1.54, 1.807) is 0 Å². The topological polar surface area (TPSA) is 52.5 Å². The minimum Gasteiger partial charge on any atom is -0.396 e. The number of hydrogen-bond donors (Lipinski definition) is 3. The monoisotopic (exact) mass is 199 g/mol. The van der Waals surface area contributed by atoms with E-state index < -0.39 is 5.60 Å². The normalized spacial score (nSPS) is 30.4. The molecule has 0 radical (unpaired) electrons. The standard InChI is InChI=1S/C11H21NO2/c13-9-10(3-1-2-4-10)11(14)5-7-12-8-6-11/h12-14H,1-9H2. The SMILES string of the molecule is OCC1(C2(O)CCNCC2)CCCC1. The molecule has 3 nitrogen and oxygen atoms in total. The van der Waals surface area contributed by atoms with Crippen LogP contribution in [0.3, 0.4) is 0 Å². The molecule has 0 unspecified atom stereocenters. The minimum absolute atomic E-state index is 0.156. The van der Waals surface area contributed by atoms with Crippen LogP contribution in [0.1, 0.15) is 38.5 Å². The molecule has 1 saturated carbocycles. The summed E-state index contributed by atoms with van der Waals surface area (Å²) in [5.41, 5.74) is -0.793. The van der Waals surface area contributed by atoms with Crippen molar-refractivity contribution in [2.24, 2.45) is 5.41 Å². The quantitative estimate of drug-likeness (QED) is 0.612. The molecule has 1 heterocycles. The van der Waals surface area contributed by atoms with Gasteiger partial charge in [-0.25, -0.2) is 0 Å². The number of rotatable bonds is 2. The van der Waals surface area contributed by atoms with Gasteiger partial charge >= 0.3 is 0 Å². The molecule has 0 aromatic carbocycles. The summed E-state index contributed by atoms with van der Waals surface area (Å²) in [5.74, 6) is 0. The number of aliphatic hydroxyl groups is 2. The highest BCUT2D eigenvalue weighted by Gasteiger charge is 2.51. The van der Waals surface area contributed by atoms with Crippen LogP contribution in [0.5, 0.6) is 0 Å². The lowest BCUT2D eigenvalue weighted by molar-refractivity contribution is -0.123. The van der Waals surface area contributed by atoms with Crippen molar-refractivity contribution in [3.8, 4) is 0 Å². The van der Waals surface area contributed by atoms with Gasteiger partial charge in [0.25, 0.3) is 0 Å². The van der Waals surface area contributed by atoms with Crippen molar-refractivity contribution >= 4 is 0 Å². The molecule has 0 bridgehead atoms. The van der Waals surface area contributed by atoms with Gasteiger partial charge in [0.05, 0.1) is 12.2 Å². The second-order valence-electron chi connectivity index (χ2n) is 4.93. The Hall–Kier alpha value is -0.120. The summed E-state index contributed by atoms with van der Waals surface area (Å²) in [6.07, 6.45) is 5.92. The second kappa shape index (κ2) is 3.80. The van der Waals surface area contributed by atoms with Gasteiger partial charge in [-0.05, 0) is 38.8 Å². The van der Waals surface area contributed by atoms with Gasteiger partial charge in [0, 0.05) is 5.41 Å². The van der Waals surface area contributed by atoms with Gasteiger partial charge in [0.1, 0.15) is 0 Å². The molecule has 0 aromatic rings. The fraction of sp³-hybridized carbons (Fsp3) is 1.00. The third-order valence-electron chi connectivity index (χ3n) is 4.28. The molecule has 3 N–H and O–H groups in total. The average Bonchev–Trinajstić information content (AvgIpc) is 2.68. The molecule has 3 heteroatoms. The molecule has 1 saturated heterocycles. The first-order valence-corrected chi connectivity index (χ1v) is 5.76. The summed E-state index contributed by atoms with van der Waals surface area (Å²) >= 11 is 0. The second-order valence-corrected chi connectivity index (χ2v) is 4.93. The average molecular weight is 199 g/mol. The smallest absolute Gasteiger partial charge is 0.0749 e. The zero-order valence-corrected chi connectivity index (χ0v) is 8.76. The van der Waals surface area contributed by atoms with Gasteiger partial charge in [0.15, 0.2) is 0 Å². The van der Waals surface area contributed by atoms with Gasteiger partial charge in [-0.15, -0.1) is 0 Å². The molecule has 82 valence electrons. The van der Waals surface area contributed by atoms with E-state index in [2.05, 4.69) is 5.32 Å². The van der Waals surface area contributed by atoms with E-state index in [1.807, 2.05) is 0 Å². The molecule has 0 atom stereocenters. The summed E-state index contributed by atoms with van der Waals surface area (Å²) < 4.78 is 0. The zero-order valence-electron chi connectivity index (χ0n) is 8.76. The van der Waals surface area contributed by atoms with Crippen LogP contribution in [0.2, 0.25) is 0 Å². The van der Waals surface area contributed by atoms with E-state index in [9.17, 15) is 10.2 Å². The van der Waals surface area contributed by atoms with E-state index in [-0.39, 0.29) is 12.0 Å². The van der Waals surface area contributed by atoms with Crippen molar-refractivity contribution in [2.45, 2.75) is 44.1 Å². The summed E-state index contributed by atoms with van der Waals surface area (Å²) in [4.78, 5) is 0. The van der Waals surface area contributed by atoms with Crippen LogP contribution in [-0.2, 0) is 0 Å². The first-order chi connectivity index (χ1) is 6.72. The van der Waals surface area contributed by atoms with E-state index in [0.717, 1.165) is 51.6 Å². The van der Waals surface area contributed by atoms with E-state index in [4.69, 9.17) is 0 Å². The molecule has 2 aliphatic rings. The molecule has 2 fully saturated rings. The summed E-state index contributed by atoms with van der Waals surface area (Å²) in [6, 6.07) is 0. The highest BCUT2D eigenvalue weighted by Crippen LogP contribution is 2.49. The predicted molar refractivity (Wildman–Crippen MR) is 55.0 cm³/mol. The van der Waals surface area contributed by atoms with Crippen LogP contribution in [0, 0.1) is 5.41 Å². The summed E-state index contributed by atoms with van der Waals surface area (Å²) in [6.45, 7) is 1.93. The molecule has 0 aromatic heterocycles. The van der Waals surface area contributed by atoms with E-state index >= 15 is 0 Å². The maximum absolute atomic E-state index is 10.6. The van der Waals surface area contributed by atoms with Crippen LogP contribution in [0.15, 0.2) is 0 Å². The Labute approximate surface area is 85.5 Å². The largest absolute Gasteiger partial charge is 0.396 e. The third-order valence-corrected chi connectivity index (χ3v) is 4.28. The van der Waals surface area contributed by atoms with Crippen molar-refractivity contribution in [3.63, 3.8) is 0 Å². The Morgan fingerprint density at radius 1 is 1.00 bits per heavy atom. The number of aliphatic hydroxyl groups excluding tert-OH is 1. The molecule has 1 aliphatic heterocycles. The maximum atomic E-state index is 10.6. The van der Waals surface area contributed by atoms with E-state index in [0.29, 0.717) is 0 Å². The van der Waals surface area contributed by atoms with Crippen molar-refractivity contribution in [2.75, 3.05) is 19.7 Å². The van der Waals surface area contributed by atoms with Gasteiger partial charge < -0.3 is 15.5 Å². The Morgan fingerprint density at radius 2 is 1.57 bits per heavy atom. The highest BCUT2D eigenvalue weighted by molar-refractivity contribution is 5.03. The maximum Gasteiger partial charge on any atom is 0.0749 e. The van der Waals surface area contributed by atoms with Crippen molar-refractivity contribution < 1.29 is 10.2 Å². The Morgan fingerprint density at radius 3 is 2.07 bits per heavy atom. The fourth-order valence-electron chi connectivity index (χ4n) is 3.19. The lowest BCUT2D eigenvalue weighted by Crippen LogP contribution is -2.54. The zero-order chi connectivity index (χ0) is 10.1. The van der Waals surface area contributed by atoms with Crippen LogP contribution in [0.4, 0.5) is 0 Å². The molecule has 14 heavy (non-hydrogen) atoms. The number of piperidine rings is 1. The Kier molecular flexibility index (Phi) is 2.82. The van der Waals surface area contributed by atoms with Gasteiger partial charge in [-0.2, -0.15) is 0 Å². The van der Waals surface area contributed by atoms with E-state index in [1.165, 1.54) is 0 Å². The van der Waals surface area contributed by atoms with Crippen LogP contribution < -0.4 is 5.32 Å². The Balaban J connectivity index is 2.15. The van der Waals surface area contributed by atoms with Crippen molar-refractivity contribution in [1.29, 1.82) is 0 Å². The number of hydrogen-bond acceptors (Lipinski definition) is 3. The Bertz CT molecular complexity index is 193. The predicted octanol–water partition coefficient (Wildman–Crippen LogP) is 0.654. The highest BCUT2D eigenvalue weighted by atomic mass is 16.3. The van der Waals surface area contributed by atoms with Crippen LogP contribution >= 0.6 is 0 Å². The molecule has 2 rings (SSSR count). The first kappa shape index (κ1) is 10.4. The molecular weight excluding hydrogens is 178 g/mol. The third kappa shape index (κ3) is 1.47. The van der Waals surface area contributed by atoms with Crippen molar-refractivity contribution in [3.05, 3.63) is 0 Å². The van der Waals surface area contributed by atoms with Crippen molar-refractivity contribution in [1.82, 2.24) is 5.32 Å². The summed E-state index contributed by atoms with van der Waals surface area (Å²) in [7, 11) is 0.